The molecule has 4 N–H and O–H groups in total. The van der Waals surface area contributed by atoms with Crippen molar-refractivity contribution in [3.8, 4) is 0 Å². The number of pyridine rings is 6. The number of rotatable bonds is 7. The molecule has 101 heavy (non-hydrogen) atoms. The van der Waals surface area contributed by atoms with Crippen molar-refractivity contribution in [2.45, 2.75) is 84.5 Å². The van der Waals surface area contributed by atoms with E-state index in [-0.39, 0.29) is 98.5 Å². The normalized spacial score (nSPS) is 12.9. The molecule has 3 atom stereocenters. The molecule has 3 aliphatic heterocycles. The van der Waals surface area contributed by atoms with Gasteiger partial charge in [0, 0.05) is 167 Å². The second kappa shape index (κ2) is 49.1. The molecule has 22 heteroatoms. The number of hydrogen-bond donors (Lipinski definition) is 4. The first-order valence-electron chi connectivity index (χ1n) is 32.0. The molecule has 1 unspecified atom stereocenters. The first-order chi connectivity index (χ1) is 46.7. The topological polar surface area (TPSA) is 250 Å². The Bertz CT molecular complexity index is 4040. The van der Waals surface area contributed by atoms with E-state index in [0.29, 0.717) is 16.5 Å². The molecule has 18 nitrogen and oxygen atoms in total. The number of aromatic nitrogens is 6. The summed E-state index contributed by atoms with van der Waals surface area (Å²) in [6, 6.07) is 45.5. The van der Waals surface area contributed by atoms with Gasteiger partial charge in [0.15, 0.2) is 5.78 Å². The Balaban J connectivity index is 0.000000581. The molecule has 9 heterocycles. The molecule has 0 bridgehead atoms. The number of carboxylic acids is 1. The molecular formula is C79H89BBrMgN7NaO11. The van der Waals surface area contributed by atoms with E-state index in [0.717, 1.165) is 121 Å². The summed E-state index contributed by atoms with van der Waals surface area (Å²) in [6.07, 6.45) is 27.1. The molecule has 0 aliphatic carbocycles. The van der Waals surface area contributed by atoms with E-state index in [9.17, 15) is 29.7 Å². The van der Waals surface area contributed by atoms with Crippen LogP contribution in [-0.2, 0) is 19.0 Å². The standard InChI is InChI=1S/C12H12N2O2.3C11H11NO.C11H9NO.C10H7NO2.3C4H8O.CH3.B.BrH.Mg.Na.H/c1-14(16-2)12(15)10-5-3-4-9-6-7-13-8-11(9)10;4*1-8(13)10-4-2-3-9-5-6-12-7-11(9)10;12-10(13)8-3-1-2-7-4-5-11-6-9(7)8;3*1-2-4-5-3-1;;;;;;/h3-8H,1-2H3;3*2-8,13H,1H3;2-7H,1H3;1-6H,(H,12,13);3*1-4H2;1H3;;1H;;;/q;;;;;;;;;-1;;;+2;+1;-1/p-1/t;2*8-;;;;;;;;;;;;/m.10............/s1. The third kappa shape index (κ3) is 28.3. The summed E-state index contributed by atoms with van der Waals surface area (Å²) in [7, 11) is 3.04. The maximum Gasteiger partial charge on any atom is 2.00 e. The maximum absolute atomic E-state index is 12.0. The number of aromatic carboxylic acids is 1. The van der Waals surface area contributed by atoms with Crippen LogP contribution in [0.1, 0.15) is 134 Å². The van der Waals surface area contributed by atoms with Crippen LogP contribution in [-0.4, -0.2) is 158 Å². The van der Waals surface area contributed by atoms with Gasteiger partial charge in [-0.25, -0.2) is 9.86 Å². The van der Waals surface area contributed by atoms with Crippen LogP contribution in [0.2, 0.25) is 0 Å². The number of fused-ring (bicyclic) bond motifs is 6. The van der Waals surface area contributed by atoms with Crippen molar-refractivity contribution >= 4 is 114 Å². The van der Waals surface area contributed by atoms with Crippen LogP contribution in [0.3, 0.4) is 0 Å². The summed E-state index contributed by atoms with van der Waals surface area (Å²) >= 11 is 0. The van der Waals surface area contributed by atoms with Gasteiger partial charge in [-0.3, -0.25) is 44.3 Å². The minimum Gasteiger partial charge on any atom is -1.00 e. The molecule has 3 radical (unpaired) electrons. The fourth-order valence-corrected chi connectivity index (χ4v) is 10.3. The van der Waals surface area contributed by atoms with Crippen LogP contribution in [0, 0.1) is 7.43 Å². The van der Waals surface area contributed by atoms with Gasteiger partial charge in [-0.05, 0) is 164 Å². The van der Waals surface area contributed by atoms with Gasteiger partial charge in [0.05, 0.1) is 36.5 Å². The monoisotopic (exact) mass is 1450 g/mol. The zero-order chi connectivity index (χ0) is 68.4. The van der Waals surface area contributed by atoms with Crippen molar-refractivity contribution < 1.29 is 102 Å². The fraction of sp³-hybridized carbons (Fsp3) is 0.266. The van der Waals surface area contributed by atoms with Gasteiger partial charge in [-0.2, -0.15) is 0 Å². The number of halogens is 1. The number of hydroxylamine groups is 2. The molecule has 0 spiro atoms. The molecule has 15 rings (SSSR count). The smallest absolute Gasteiger partial charge is 1.00 e. The van der Waals surface area contributed by atoms with Gasteiger partial charge in [-0.1, -0.05) is 97.1 Å². The maximum atomic E-state index is 12.0. The Morgan fingerprint density at radius 1 is 0.426 bits per heavy atom. The van der Waals surface area contributed by atoms with Gasteiger partial charge in [0.1, 0.15) is 0 Å². The van der Waals surface area contributed by atoms with Crippen molar-refractivity contribution in [1.82, 2.24) is 35.0 Å². The molecule has 6 aromatic carbocycles. The number of carbonyl (C=O) groups is 3. The number of benzene rings is 6. The van der Waals surface area contributed by atoms with E-state index >= 15 is 0 Å². The summed E-state index contributed by atoms with van der Waals surface area (Å²) in [5.41, 5.74) is 4.44. The van der Waals surface area contributed by atoms with Crippen LogP contribution in [0.25, 0.3) is 64.6 Å². The molecular weight excluding hydrogens is 1360 g/mol. The third-order valence-electron chi connectivity index (χ3n) is 15.4. The van der Waals surface area contributed by atoms with Crippen molar-refractivity contribution in [2.24, 2.45) is 0 Å². The number of nitrogens with zero attached hydrogens (tertiary/aromatic N) is 7. The number of ketones is 1. The van der Waals surface area contributed by atoms with Crippen LogP contribution < -0.4 is 46.5 Å². The van der Waals surface area contributed by atoms with Crippen LogP contribution >= 0.6 is 0 Å². The molecule has 6 aromatic heterocycles. The van der Waals surface area contributed by atoms with Gasteiger partial charge in [0.25, 0.3) is 5.91 Å². The number of ether oxygens (including phenoxy) is 3. The number of hydrogen-bond acceptors (Lipinski definition) is 16. The van der Waals surface area contributed by atoms with E-state index in [1.165, 1.54) is 50.7 Å². The van der Waals surface area contributed by atoms with E-state index in [2.05, 4.69) is 29.9 Å². The molecule has 3 fully saturated rings. The van der Waals surface area contributed by atoms with Crippen LogP contribution in [0.4, 0.5) is 0 Å². The first-order valence-corrected chi connectivity index (χ1v) is 32.0. The Kier molecular flexibility index (Phi) is 43.5. The number of carboxylic acid groups (broad SMARTS) is 1. The Morgan fingerprint density at radius 2 is 0.663 bits per heavy atom. The number of aliphatic hydroxyl groups is 3. The average Bonchev–Trinajstić information content (AvgIpc) is 1.01. The summed E-state index contributed by atoms with van der Waals surface area (Å²) in [5, 5.41) is 50.4. The van der Waals surface area contributed by atoms with Gasteiger partial charge in [0.2, 0.25) is 0 Å². The van der Waals surface area contributed by atoms with Crippen LogP contribution in [0.5, 0.6) is 0 Å². The second-order valence-electron chi connectivity index (χ2n) is 22.4. The van der Waals surface area contributed by atoms with E-state index in [4.69, 9.17) is 24.2 Å². The first kappa shape index (κ1) is 89.5. The van der Waals surface area contributed by atoms with Crippen LogP contribution in [0.15, 0.2) is 220 Å². The minimum atomic E-state index is -0.918. The van der Waals surface area contributed by atoms with E-state index in [1.54, 1.807) is 133 Å². The fourth-order valence-electron chi connectivity index (χ4n) is 10.3. The van der Waals surface area contributed by atoms with Crippen molar-refractivity contribution in [2.75, 3.05) is 53.8 Å². The largest absolute Gasteiger partial charge is 2.00 e. The third-order valence-corrected chi connectivity index (χ3v) is 15.4. The summed E-state index contributed by atoms with van der Waals surface area (Å²) in [6.45, 7) is 12.9. The molecule has 519 valence electrons. The Labute approximate surface area is 644 Å². The van der Waals surface area contributed by atoms with E-state index in [1.807, 2.05) is 121 Å². The molecule has 3 aliphatic rings. The Hall–Kier alpha value is -7.58. The number of amides is 1. The molecule has 1 amide bonds. The quantitative estimate of drug-likeness (QED) is 0.0502. The number of carbonyl (C=O) groups excluding carboxylic acids is 2. The molecule has 12 aromatic rings. The zero-order valence-electron chi connectivity index (χ0n) is 59.9. The van der Waals surface area contributed by atoms with Crippen molar-refractivity contribution in [1.29, 1.82) is 0 Å². The van der Waals surface area contributed by atoms with Crippen molar-refractivity contribution in [3.05, 3.63) is 261 Å². The van der Waals surface area contributed by atoms with Gasteiger partial charge < -0.3 is 60.5 Å². The second-order valence-corrected chi connectivity index (χ2v) is 22.4. The summed E-state index contributed by atoms with van der Waals surface area (Å²) < 4.78 is 14.8. The summed E-state index contributed by atoms with van der Waals surface area (Å²) in [4.78, 5) is 62.9. The zero-order valence-corrected chi connectivity index (χ0v) is 63.9. The minimum absolute atomic E-state index is 0. The average molecular weight is 1450 g/mol. The van der Waals surface area contributed by atoms with Gasteiger partial charge >= 0.3 is 58.6 Å². The number of aliphatic hydroxyl groups excluding tert-OH is 3. The SMILES string of the molecule is C1CCOC1.C1CCOC1.C1CCOC1.CC(=O)c1cccc2ccncc12.CC(O)c1cccc2ccncc12.CON(C)C(=O)c1cccc2ccncc12.C[C@@H](O)c1cccc2ccncc12.C[C@H](O)c1cccc2ccncc12.O=C(O)c1cccc2ccncc12.[B].[Br-].[CH3-].[H-].[Mg+2].[Na+]. The van der Waals surface area contributed by atoms with Gasteiger partial charge in [-0.15, -0.1) is 0 Å². The van der Waals surface area contributed by atoms with Crippen molar-refractivity contribution in [3.63, 3.8) is 0 Å². The summed E-state index contributed by atoms with van der Waals surface area (Å²) in [5.74, 6) is -1.02. The van der Waals surface area contributed by atoms with E-state index < -0.39 is 24.3 Å². The predicted octanol–water partition coefficient (Wildman–Crippen LogP) is 9.30. The number of Topliss-reactive ketones (excluding diaryl/α,β-unsaturated/α-hetero) is 1. The Morgan fingerprint density at radius 3 is 0.911 bits per heavy atom. The molecule has 3 saturated heterocycles. The molecule has 0 saturated carbocycles. The predicted molar refractivity (Wildman–Crippen MR) is 398 cm³/mol.